The van der Waals surface area contributed by atoms with Crippen molar-refractivity contribution in [1.29, 1.82) is 0 Å². The summed E-state index contributed by atoms with van der Waals surface area (Å²) in [6.07, 6.45) is 2.92. The van der Waals surface area contributed by atoms with E-state index in [4.69, 9.17) is 9.16 Å². The first-order valence-corrected chi connectivity index (χ1v) is 13.2. The summed E-state index contributed by atoms with van der Waals surface area (Å²) < 4.78 is 12.2. The van der Waals surface area contributed by atoms with Crippen LogP contribution in [0, 0.1) is 15.5 Å². The zero-order valence-electron chi connectivity index (χ0n) is 20.5. The molecule has 0 saturated heterocycles. The molecule has 1 rings (SSSR count). The van der Waals surface area contributed by atoms with E-state index in [9.17, 15) is 14.9 Å². The number of hydrogen-bond acceptors (Lipinski definition) is 5. The molecule has 0 heterocycles. The van der Waals surface area contributed by atoms with Gasteiger partial charge in [0.05, 0.1) is 17.6 Å². The minimum absolute atomic E-state index is 0.0439. The van der Waals surface area contributed by atoms with Crippen molar-refractivity contribution in [2.24, 2.45) is 5.41 Å². The number of esters is 1. The first kappa shape index (κ1) is 27.0. The zero-order chi connectivity index (χ0) is 24.0. The van der Waals surface area contributed by atoms with Crippen LogP contribution >= 0.6 is 0 Å². The third-order valence-corrected chi connectivity index (χ3v) is 12.1. The molecule has 0 spiro atoms. The number of carbonyl (C=O) groups is 1. The molecule has 1 atom stereocenters. The van der Waals surface area contributed by atoms with Crippen molar-refractivity contribution >= 4 is 20.0 Å². The second kappa shape index (κ2) is 11.0. The molecule has 0 N–H and O–H groups in total. The van der Waals surface area contributed by atoms with Crippen LogP contribution in [0.5, 0.6) is 0 Å². The van der Waals surface area contributed by atoms with E-state index in [-0.39, 0.29) is 11.8 Å². The lowest BCUT2D eigenvalue weighted by atomic mass is 9.82. The van der Waals surface area contributed by atoms with Gasteiger partial charge in [-0.05, 0) is 41.2 Å². The molecule has 0 aromatic heterocycles. The average Bonchev–Trinajstić information content (AvgIpc) is 2.66. The van der Waals surface area contributed by atoms with Gasteiger partial charge in [-0.3, -0.25) is 10.1 Å². The normalized spacial score (nSPS) is 13.9. The van der Waals surface area contributed by atoms with Gasteiger partial charge in [-0.2, -0.15) is 0 Å². The highest BCUT2D eigenvalue weighted by Crippen LogP contribution is 2.49. The van der Waals surface area contributed by atoms with Crippen LogP contribution < -0.4 is 0 Å². The number of nitrogens with zero attached hydrogens (tertiary/aromatic N) is 1. The molecule has 0 fully saturated rings. The van der Waals surface area contributed by atoms with Crippen molar-refractivity contribution in [3.8, 4) is 0 Å². The van der Waals surface area contributed by atoms with E-state index >= 15 is 0 Å². The van der Waals surface area contributed by atoms with Crippen molar-refractivity contribution < 1.29 is 18.9 Å². The molecule has 7 heteroatoms. The van der Waals surface area contributed by atoms with Crippen LogP contribution in [0.2, 0.25) is 16.6 Å². The van der Waals surface area contributed by atoms with Gasteiger partial charge in [0.2, 0.25) is 8.32 Å². The standard InChI is InChI=1S/C24H39NO5Si/c1-10-29-22(26)15-16-24(8,9)23(20-11-13-21(14-12-20)25(27)28)30-31(17(2)3,18(4)5)19(6)7/h11-19,23H,10H2,1-9H3/b16-15+. The Hall–Kier alpha value is -1.99. The second-order valence-corrected chi connectivity index (χ2v) is 15.0. The minimum atomic E-state index is -2.27. The lowest BCUT2D eigenvalue weighted by Gasteiger charge is -2.47. The molecule has 0 aliphatic carbocycles. The lowest BCUT2D eigenvalue weighted by Crippen LogP contribution is -2.50. The van der Waals surface area contributed by atoms with Gasteiger partial charge in [0.1, 0.15) is 0 Å². The van der Waals surface area contributed by atoms with Gasteiger partial charge in [-0.1, -0.05) is 61.5 Å². The third-order valence-electron chi connectivity index (χ3n) is 6.05. The summed E-state index contributed by atoms with van der Waals surface area (Å²) in [6.45, 7) is 19.5. The maximum Gasteiger partial charge on any atom is 0.330 e. The number of nitro groups is 1. The van der Waals surface area contributed by atoms with E-state index in [1.165, 1.54) is 18.2 Å². The van der Waals surface area contributed by atoms with Crippen molar-refractivity contribution in [3.63, 3.8) is 0 Å². The molecule has 6 nitrogen and oxygen atoms in total. The van der Waals surface area contributed by atoms with E-state index in [1.54, 1.807) is 19.1 Å². The molecule has 174 valence electrons. The van der Waals surface area contributed by atoms with Gasteiger partial charge < -0.3 is 9.16 Å². The number of carbonyl (C=O) groups excluding carboxylic acids is 1. The summed E-state index contributed by atoms with van der Waals surface area (Å²) in [5.41, 5.74) is 1.49. The quantitative estimate of drug-likeness (QED) is 0.120. The van der Waals surface area contributed by atoms with Crippen molar-refractivity contribution in [1.82, 2.24) is 0 Å². The molecule has 0 amide bonds. The molecule has 31 heavy (non-hydrogen) atoms. The fourth-order valence-electron chi connectivity index (χ4n) is 4.59. The Bertz CT molecular complexity index is 747. The van der Waals surface area contributed by atoms with E-state index in [0.29, 0.717) is 23.2 Å². The van der Waals surface area contributed by atoms with Crippen LogP contribution in [0.1, 0.15) is 74.0 Å². The Morgan fingerprint density at radius 1 is 1.06 bits per heavy atom. The van der Waals surface area contributed by atoms with Gasteiger partial charge in [-0.25, -0.2) is 4.79 Å². The summed E-state index contributed by atoms with van der Waals surface area (Å²) in [7, 11) is -2.27. The van der Waals surface area contributed by atoms with Crippen LogP contribution in [0.15, 0.2) is 36.4 Å². The summed E-state index contributed by atoms with van der Waals surface area (Å²) in [5.74, 6) is -0.391. The third kappa shape index (κ3) is 6.49. The van der Waals surface area contributed by atoms with Crippen LogP contribution in [0.25, 0.3) is 0 Å². The van der Waals surface area contributed by atoms with Gasteiger partial charge in [-0.15, -0.1) is 0 Å². The van der Waals surface area contributed by atoms with Crippen LogP contribution in [0.3, 0.4) is 0 Å². The monoisotopic (exact) mass is 449 g/mol. The van der Waals surface area contributed by atoms with Crippen LogP contribution in [0.4, 0.5) is 5.69 Å². The number of nitro benzene ring substituents is 1. The van der Waals surface area contributed by atoms with Gasteiger partial charge >= 0.3 is 5.97 Å². The largest absolute Gasteiger partial charge is 0.463 e. The molecule has 0 radical (unpaired) electrons. The summed E-state index contributed by atoms with van der Waals surface area (Å²) in [6, 6.07) is 6.56. The predicted octanol–water partition coefficient (Wildman–Crippen LogP) is 6.97. The lowest BCUT2D eigenvalue weighted by molar-refractivity contribution is -0.384. The van der Waals surface area contributed by atoms with Crippen LogP contribution in [-0.4, -0.2) is 25.8 Å². The number of ether oxygens (including phenoxy) is 1. The summed E-state index contributed by atoms with van der Waals surface area (Å²) >= 11 is 0. The number of rotatable bonds is 11. The number of hydrogen-bond donors (Lipinski definition) is 0. The average molecular weight is 450 g/mol. The van der Waals surface area contributed by atoms with Gasteiger partial charge in [0.15, 0.2) is 0 Å². The minimum Gasteiger partial charge on any atom is -0.463 e. The maximum absolute atomic E-state index is 12.0. The highest BCUT2D eigenvalue weighted by atomic mass is 28.4. The molecule has 0 saturated carbocycles. The molecule has 0 bridgehead atoms. The Morgan fingerprint density at radius 3 is 1.94 bits per heavy atom. The predicted molar refractivity (Wildman–Crippen MR) is 128 cm³/mol. The second-order valence-electron chi connectivity index (χ2n) is 9.57. The SMILES string of the molecule is CCOC(=O)/C=C/C(C)(C)C(O[Si](C(C)C)(C(C)C)C(C)C)c1ccc([N+](=O)[O-])cc1. The molecular formula is C24H39NO5Si. The molecule has 1 aromatic rings. The van der Waals surface area contributed by atoms with Gasteiger partial charge in [0.25, 0.3) is 5.69 Å². The molecule has 0 aliphatic heterocycles. The maximum atomic E-state index is 12.0. The topological polar surface area (TPSA) is 78.7 Å². The Morgan fingerprint density at radius 2 is 1.55 bits per heavy atom. The number of benzene rings is 1. The van der Waals surface area contributed by atoms with E-state index < -0.39 is 24.6 Å². The molecule has 1 unspecified atom stereocenters. The summed E-state index contributed by atoms with van der Waals surface area (Å²) in [5, 5.41) is 11.1. The fraction of sp³-hybridized carbons (Fsp3) is 0.625. The highest BCUT2D eigenvalue weighted by molar-refractivity contribution is 6.77. The summed E-state index contributed by atoms with van der Waals surface area (Å²) in [4.78, 5) is 22.7. The van der Waals surface area contributed by atoms with Crippen LogP contribution in [-0.2, 0) is 14.0 Å². The van der Waals surface area contributed by atoms with Gasteiger partial charge in [0, 0.05) is 23.6 Å². The Balaban J connectivity index is 3.55. The highest BCUT2D eigenvalue weighted by Gasteiger charge is 2.48. The van der Waals surface area contributed by atoms with Crippen molar-refractivity contribution in [2.45, 2.75) is 85.0 Å². The Labute approximate surface area is 188 Å². The zero-order valence-corrected chi connectivity index (χ0v) is 21.5. The number of non-ortho nitro benzene ring substituents is 1. The molecular weight excluding hydrogens is 410 g/mol. The molecule has 0 aliphatic rings. The van der Waals surface area contributed by atoms with E-state index in [1.807, 2.05) is 19.9 Å². The smallest absolute Gasteiger partial charge is 0.330 e. The first-order valence-electron chi connectivity index (χ1n) is 11.1. The fourth-order valence-corrected chi connectivity index (χ4v) is 10.3. The Kier molecular flexibility index (Phi) is 9.63. The van der Waals surface area contributed by atoms with Crippen molar-refractivity contribution in [3.05, 3.63) is 52.1 Å². The van der Waals surface area contributed by atoms with Crippen molar-refractivity contribution in [2.75, 3.05) is 6.61 Å². The van der Waals surface area contributed by atoms with E-state index in [0.717, 1.165) is 5.56 Å². The van der Waals surface area contributed by atoms with E-state index in [2.05, 4.69) is 41.5 Å². The first-order chi connectivity index (χ1) is 14.3. The molecule has 1 aromatic carbocycles.